The molecule has 0 aromatic heterocycles. The monoisotopic (exact) mass is 130 g/mol. The molecule has 0 aromatic carbocycles. The molecular weight excluding hydrogens is 120 g/mol. The first-order valence-electron chi connectivity index (χ1n) is 3.10. The molecule has 0 aromatic rings. The lowest BCUT2D eigenvalue weighted by Crippen LogP contribution is -2.24. The molecule has 0 bridgehead atoms. The average molecular weight is 130 g/mol. The van der Waals surface area contributed by atoms with E-state index in [1.807, 2.05) is 0 Å². The Balaban J connectivity index is 2.15. The maximum atomic E-state index is 9.80. The average Bonchev–Trinajstić information content (AvgIpc) is 1.91. The number of rotatable bonds is 2. The summed E-state index contributed by atoms with van der Waals surface area (Å²) in [7, 11) is 0. The summed E-state index contributed by atoms with van der Waals surface area (Å²) < 4.78 is 9.73. The first kappa shape index (κ1) is 6.55. The maximum Gasteiger partial charge on any atom is 0.293 e. The first-order chi connectivity index (χ1) is 4.43. The highest BCUT2D eigenvalue weighted by atomic mass is 16.6. The van der Waals surface area contributed by atoms with E-state index in [0.717, 1.165) is 19.4 Å². The van der Waals surface area contributed by atoms with Gasteiger partial charge in [-0.1, -0.05) is 0 Å². The van der Waals surface area contributed by atoms with Crippen LogP contribution in [0.1, 0.15) is 12.8 Å². The van der Waals surface area contributed by atoms with E-state index in [0.29, 0.717) is 13.1 Å². The Morgan fingerprint density at radius 3 is 3.11 bits per heavy atom. The summed E-state index contributed by atoms with van der Waals surface area (Å²) in [6, 6.07) is 0. The summed E-state index contributed by atoms with van der Waals surface area (Å²) in [5.41, 5.74) is 0. The molecule has 0 N–H and O–H groups in total. The number of carbonyl (C=O) groups excluding carboxylic acids is 1. The van der Waals surface area contributed by atoms with Gasteiger partial charge in [-0.2, -0.15) is 0 Å². The highest BCUT2D eigenvalue weighted by Gasteiger charge is 2.13. The summed E-state index contributed by atoms with van der Waals surface area (Å²) in [4.78, 5) is 9.80. The molecule has 3 nitrogen and oxygen atoms in total. The molecule has 9 heavy (non-hydrogen) atoms. The lowest BCUT2D eigenvalue weighted by molar-refractivity contribution is -0.139. The summed E-state index contributed by atoms with van der Waals surface area (Å²) >= 11 is 0. The van der Waals surface area contributed by atoms with E-state index in [2.05, 4.69) is 4.74 Å². The molecule has 52 valence electrons. The van der Waals surface area contributed by atoms with E-state index in [1.165, 1.54) is 0 Å². The Morgan fingerprint density at radius 2 is 2.56 bits per heavy atom. The maximum absolute atomic E-state index is 9.80. The van der Waals surface area contributed by atoms with Crippen LogP contribution in [0.2, 0.25) is 0 Å². The molecule has 1 unspecified atom stereocenters. The van der Waals surface area contributed by atoms with Crippen molar-refractivity contribution < 1.29 is 14.3 Å². The van der Waals surface area contributed by atoms with Crippen molar-refractivity contribution >= 4 is 6.47 Å². The predicted molar refractivity (Wildman–Crippen MR) is 31.0 cm³/mol. The lowest BCUT2D eigenvalue weighted by atomic mass is 10.2. The van der Waals surface area contributed by atoms with Crippen molar-refractivity contribution in [1.29, 1.82) is 0 Å². The molecule has 0 amide bonds. The zero-order valence-corrected chi connectivity index (χ0v) is 5.21. The second kappa shape index (κ2) is 3.45. The molecule has 1 aliphatic heterocycles. The summed E-state index contributed by atoms with van der Waals surface area (Å²) in [6.07, 6.45) is 1.95. The normalized spacial score (nSPS) is 27.3. The van der Waals surface area contributed by atoms with E-state index in [4.69, 9.17) is 4.74 Å². The molecule has 1 fully saturated rings. The molecule has 1 rings (SSSR count). The van der Waals surface area contributed by atoms with Crippen molar-refractivity contribution in [3.8, 4) is 0 Å². The molecule has 1 saturated heterocycles. The minimum Gasteiger partial charge on any atom is -0.462 e. The van der Waals surface area contributed by atoms with Crippen LogP contribution >= 0.6 is 0 Å². The van der Waals surface area contributed by atoms with Crippen LogP contribution in [0.4, 0.5) is 0 Å². The number of hydrogen-bond acceptors (Lipinski definition) is 3. The molecular formula is C6H10O3. The molecule has 1 heterocycles. The van der Waals surface area contributed by atoms with Gasteiger partial charge in [-0.25, -0.2) is 0 Å². The zero-order valence-electron chi connectivity index (χ0n) is 5.21. The molecule has 0 saturated carbocycles. The minimum absolute atomic E-state index is 0.0104. The summed E-state index contributed by atoms with van der Waals surface area (Å²) in [5, 5.41) is 0. The molecule has 1 aliphatic rings. The van der Waals surface area contributed by atoms with Crippen molar-refractivity contribution in [2.24, 2.45) is 0 Å². The fourth-order valence-electron chi connectivity index (χ4n) is 0.897. The smallest absolute Gasteiger partial charge is 0.293 e. The van der Waals surface area contributed by atoms with E-state index in [1.54, 1.807) is 0 Å². The Hall–Kier alpha value is -0.570. The van der Waals surface area contributed by atoms with Gasteiger partial charge in [0.1, 0.15) is 6.10 Å². The zero-order chi connectivity index (χ0) is 6.53. The van der Waals surface area contributed by atoms with Crippen molar-refractivity contribution in [2.45, 2.75) is 18.9 Å². The van der Waals surface area contributed by atoms with Gasteiger partial charge in [0, 0.05) is 6.61 Å². The molecule has 1 atom stereocenters. The van der Waals surface area contributed by atoms with Gasteiger partial charge in [0.15, 0.2) is 0 Å². The highest BCUT2D eigenvalue weighted by Crippen LogP contribution is 2.07. The van der Waals surface area contributed by atoms with Crippen LogP contribution in [0, 0.1) is 0 Å². The fourth-order valence-corrected chi connectivity index (χ4v) is 0.897. The second-order valence-electron chi connectivity index (χ2n) is 2.07. The number of carbonyl (C=O) groups is 1. The van der Waals surface area contributed by atoms with Crippen molar-refractivity contribution in [3.05, 3.63) is 0 Å². The number of ether oxygens (including phenoxy) is 2. The van der Waals surface area contributed by atoms with E-state index in [9.17, 15) is 4.79 Å². The van der Waals surface area contributed by atoms with Gasteiger partial charge in [-0.05, 0) is 12.8 Å². The van der Waals surface area contributed by atoms with Crippen LogP contribution < -0.4 is 0 Å². The Labute approximate surface area is 53.9 Å². The van der Waals surface area contributed by atoms with E-state index in [-0.39, 0.29) is 6.10 Å². The van der Waals surface area contributed by atoms with Crippen molar-refractivity contribution in [1.82, 2.24) is 0 Å². The Morgan fingerprint density at radius 1 is 1.67 bits per heavy atom. The fraction of sp³-hybridized carbons (Fsp3) is 0.833. The molecule has 0 radical (unpaired) electrons. The van der Waals surface area contributed by atoms with Crippen LogP contribution in [-0.4, -0.2) is 25.8 Å². The third kappa shape index (κ3) is 2.01. The van der Waals surface area contributed by atoms with E-state index >= 15 is 0 Å². The van der Waals surface area contributed by atoms with Gasteiger partial charge in [0.25, 0.3) is 6.47 Å². The first-order valence-corrected chi connectivity index (χ1v) is 3.10. The van der Waals surface area contributed by atoms with Crippen LogP contribution in [0.5, 0.6) is 0 Å². The summed E-state index contributed by atoms with van der Waals surface area (Å²) in [5.74, 6) is 0. The minimum atomic E-state index is 0.0104. The third-order valence-electron chi connectivity index (χ3n) is 1.37. The van der Waals surface area contributed by atoms with Gasteiger partial charge in [-0.15, -0.1) is 0 Å². The van der Waals surface area contributed by atoms with Crippen LogP contribution in [0.3, 0.4) is 0 Å². The molecule has 0 spiro atoms. The predicted octanol–water partition coefficient (Wildman–Crippen LogP) is 0.338. The van der Waals surface area contributed by atoms with Gasteiger partial charge in [0.05, 0.1) is 6.61 Å². The Kier molecular flexibility index (Phi) is 2.51. The van der Waals surface area contributed by atoms with Crippen LogP contribution in [0.15, 0.2) is 0 Å². The standard InChI is InChI=1S/C6H10O3/c7-5-9-6-2-1-3-8-4-6/h5-6H,1-4H2. The van der Waals surface area contributed by atoms with Gasteiger partial charge in [-0.3, -0.25) is 4.79 Å². The quantitative estimate of drug-likeness (QED) is 0.505. The SMILES string of the molecule is O=COC1CCCOC1. The number of hydrogen-bond donors (Lipinski definition) is 0. The molecule has 0 aliphatic carbocycles. The third-order valence-corrected chi connectivity index (χ3v) is 1.37. The van der Waals surface area contributed by atoms with E-state index < -0.39 is 0 Å². The lowest BCUT2D eigenvalue weighted by Gasteiger charge is -2.19. The summed E-state index contributed by atoms with van der Waals surface area (Å²) in [6.45, 7) is 1.86. The van der Waals surface area contributed by atoms with Gasteiger partial charge >= 0.3 is 0 Å². The highest BCUT2D eigenvalue weighted by molar-refractivity contribution is 5.37. The van der Waals surface area contributed by atoms with Crippen molar-refractivity contribution in [2.75, 3.05) is 13.2 Å². The Bertz CT molecular complexity index is 86.3. The molecule has 3 heteroatoms. The largest absolute Gasteiger partial charge is 0.462 e. The van der Waals surface area contributed by atoms with Gasteiger partial charge < -0.3 is 9.47 Å². The van der Waals surface area contributed by atoms with Crippen LogP contribution in [-0.2, 0) is 14.3 Å². The van der Waals surface area contributed by atoms with Gasteiger partial charge in [0.2, 0.25) is 0 Å². The topological polar surface area (TPSA) is 35.5 Å². The van der Waals surface area contributed by atoms with Crippen molar-refractivity contribution in [3.63, 3.8) is 0 Å². The second-order valence-corrected chi connectivity index (χ2v) is 2.07. The van der Waals surface area contributed by atoms with Crippen LogP contribution in [0.25, 0.3) is 0 Å².